The molecule has 1 unspecified atom stereocenters. The molecule has 0 aromatic heterocycles. The first-order chi connectivity index (χ1) is 9.71. The Labute approximate surface area is 127 Å². The Morgan fingerprint density at radius 1 is 1.24 bits per heavy atom. The van der Waals surface area contributed by atoms with Crippen molar-refractivity contribution in [2.45, 2.75) is 71.1 Å². The molecular weight excluding hydrogens is 268 g/mol. The van der Waals surface area contributed by atoms with E-state index in [1.165, 1.54) is 6.92 Å². The van der Waals surface area contributed by atoms with Crippen molar-refractivity contribution in [3.63, 3.8) is 0 Å². The van der Waals surface area contributed by atoms with Gasteiger partial charge in [0.05, 0.1) is 11.7 Å². The third-order valence-corrected chi connectivity index (χ3v) is 4.19. The van der Waals surface area contributed by atoms with Gasteiger partial charge in [-0.15, -0.1) is 0 Å². The van der Waals surface area contributed by atoms with Crippen LogP contribution in [0.1, 0.15) is 59.8 Å². The number of quaternary nitrogens is 1. The summed E-state index contributed by atoms with van der Waals surface area (Å²) in [6.07, 6.45) is 11.1. The van der Waals surface area contributed by atoms with Gasteiger partial charge in [-0.25, -0.2) is 5.01 Å². The van der Waals surface area contributed by atoms with Crippen molar-refractivity contribution in [2.24, 2.45) is 0 Å². The SMILES string of the molecule is CC(=O)OC1([N+]2([O-])C=CC=CN2C(C)(C)C)CCCCC1. The molecule has 1 heterocycles. The lowest BCUT2D eigenvalue weighted by molar-refractivity contribution is -1.02. The summed E-state index contributed by atoms with van der Waals surface area (Å²) in [7, 11) is 0. The van der Waals surface area contributed by atoms with Crippen LogP contribution in [0.2, 0.25) is 0 Å². The lowest BCUT2D eigenvalue weighted by Crippen LogP contribution is -2.70. The predicted molar refractivity (Wildman–Crippen MR) is 81.1 cm³/mol. The minimum atomic E-state index is -1.04. The first kappa shape index (κ1) is 16.0. The molecule has 1 aliphatic heterocycles. The maximum atomic E-state index is 13.8. The van der Waals surface area contributed by atoms with Crippen molar-refractivity contribution in [1.82, 2.24) is 5.01 Å². The number of nitrogens with zero attached hydrogens (tertiary/aromatic N) is 2. The van der Waals surface area contributed by atoms with E-state index in [9.17, 15) is 10.0 Å². The molecule has 2 rings (SSSR count). The maximum Gasteiger partial charge on any atom is 0.307 e. The quantitative estimate of drug-likeness (QED) is 0.444. The van der Waals surface area contributed by atoms with Crippen LogP contribution in [0.3, 0.4) is 0 Å². The Morgan fingerprint density at radius 3 is 2.38 bits per heavy atom. The largest absolute Gasteiger partial charge is 0.598 e. The third-order valence-electron chi connectivity index (χ3n) is 4.19. The monoisotopic (exact) mass is 294 g/mol. The molecule has 2 aliphatic rings. The summed E-state index contributed by atoms with van der Waals surface area (Å²) in [4.78, 5) is 11.6. The van der Waals surface area contributed by atoms with E-state index in [4.69, 9.17) is 4.74 Å². The minimum absolute atomic E-state index is 0.367. The van der Waals surface area contributed by atoms with Gasteiger partial charge >= 0.3 is 5.97 Å². The summed E-state index contributed by atoms with van der Waals surface area (Å²) < 4.78 is 4.90. The van der Waals surface area contributed by atoms with Crippen LogP contribution in [0.15, 0.2) is 24.6 Å². The Hall–Kier alpha value is -1.33. The zero-order chi connectivity index (χ0) is 15.7. The summed E-state index contributed by atoms with van der Waals surface area (Å²) in [6, 6.07) is 0. The molecule has 21 heavy (non-hydrogen) atoms. The molecule has 0 N–H and O–H groups in total. The predicted octanol–water partition coefficient (Wildman–Crippen LogP) is 3.58. The molecule has 1 atom stereocenters. The molecule has 0 saturated heterocycles. The van der Waals surface area contributed by atoms with Gasteiger partial charge in [-0.1, -0.05) is 6.42 Å². The molecule has 5 nitrogen and oxygen atoms in total. The first-order valence-electron chi connectivity index (χ1n) is 7.67. The average Bonchev–Trinajstić information content (AvgIpc) is 2.38. The molecule has 0 aromatic carbocycles. The van der Waals surface area contributed by atoms with Gasteiger partial charge in [0.2, 0.25) is 0 Å². The first-order valence-corrected chi connectivity index (χ1v) is 7.67. The number of hydrogen-bond donors (Lipinski definition) is 0. The number of hydroxylamine groups is 2. The second kappa shape index (κ2) is 5.46. The fourth-order valence-electron chi connectivity index (χ4n) is 3.33. The number of rotatable bonds is 2. The third kappa shape index (κ3) is 2.85. The second-order valence-electron chi connectivity index (χ2n) is 6.92. The Morgan fingerprint density at radius 2 is 1.86 bits per heavy atom. The van der Waals surface area contributed by atoms with Crippen LogP contribution in [0.4, 0.5) is 0 Å². The molecule has 0 amide bonds. The van der Waals surface area contributed by atoms with Gasteiger partial charge in [-0.2, -0.15) is 4.76 Å². The number of carbonyl (C=O) groups is 1. The Balaban J connectivity index is 2.47. The smallest absolute Gasteiger partial charge is 0.307 e. The Bertz CT molecular complexity index is 459. The van der Waals surface area contributed by atoms with E-state index in [1.54, 1.807) is 23.5 Å². The van der Waals surface area contributed by atoms with E-state index in [2.05, 4.69) is 0 Å². The number of ether oxygens (including phenoxy) is 1. The molecule has 1 aliphatic carbocycles. The fourth-order valence-corrected chi connectivity index (χ4v) is 3.33. The molecule has 1 saturated carbocycles. The van der Waals surface area contributed by atoms with E-state index < -0.39 is 10.5 Å². The summed E-state index contributed by atoms with van der Waals surface area (Å²) in [6.45, 7) is 7.36. The van der Waals surface area contributed by atoms with Crippen molar-refractivity contribution < 1.29 is 14.3 Å². The van der Waals surface area contributed by atoms with Gasteiger partial charge in [0.25, 0.3) is 5.72 Å². The standard InChI is InChI=1S/C16H26N2O3/c1-14(19)21-16(10-6-5-7-11-16)18(20)13-9-8-12-17(18)15(2,3)4/h8-9,12-13H,5-7,10-11H2,1-4H3. The molecule has 0 radical (unpaired) electrons. The summed E-state index contributed by atoms with van der Waals surface area (Å²) in [5.74, 6) is -0.387. The molecule has 0 spiro atoms. The van der Waals surface area contributed by atoms with E-state index in [-0.39, 0.29) is 11.5 Å². The van der Waals surface area contributed by atoms with Crippen molar-refractivity contribution in [3.05, 3.63) is 29.8 Å². The van der Waals surface area contributed by atoms with Gasteiger partial charge in [-0.3, -0.25) is 4.79 Å². The maximum absolute atomic E-state index is 13.8. The van der Waals surface area contributed by atoms with E-state index in [1.807, 2.05) is 26.8 Å². The summed E-state index contributed by atoms with van der Waals surface area (Å²) in [5.41, 5.74) is -1.41. The highest BCUT2D eigenvalue weighted by Gasteiger charge is 2.54. The van der Waals surface area contributed by atoms with Crippen LogP contribution >= 0.6 is 0 Å². The molecule has 0 bridgehead atoms. The normalized spacial score (nSPS) is 28.5. The lowest BCUT2D eigenvalue weighted by Gasteiger charge is -2.61. The fraction of sp³-hybridized carbons (Fsp3) is 0.688. The van der Waals surface area contributed by atoms with Gasteiger partial charge in [0.1, 0.15) is 6.20 Å². The van der Waals surface area contributed by atoms with Gasteiger partial charge in [-0.05, 0) is 45.8 Å². The molecule has 5 heteroatoms. The van der Waals surface area contributed by atoms with Crippen molar-refractivity contribution in [3.8, 4) is 0 Å². The van der Waals surface area contributed by atoms with Crippen LogP contribution in [0.5, 0.6) is 0 Å². The highest BCUT2D eigenvalue weighted by atomic mass is 16.7. The number of esters is 1. The summed E-state index contributed by atoms with van der Waals surface area (Å²) in [5, 5.41) is 15.5. The zero-order valence-corrected chi connectivity index (χ0v) is 13.5. The molecular formula is C16H26N2O3. The number of allylic oxidation sites excluding steroid dienone is 2. The molecule has 1 fully saturated rings. The Kier molecular flexibility index (Phi) is 4.17. The highest BCUT2D eigenvalue weighted by Crippen LogP contribution is 2.44. The van der Waals surface area contributed by atoms with Crippen molar-refractivity contribution in [1.29, 1.82) is 0 Å². The van der Waals surface area contributed by atoms with Gasteiger partial charge in [0, 0.05) is 19.8 Å². The topological polar surface area (TPSA) is 52.6 Å². The van der Waals surface area contributed by atoms with Gasteiger partial charge in [0.15, 0.2) is 0 Å². The summed E-state index contributed by atoms with van der Waals surface area (Å²) >= 11 is 0. The van der Waals surface area contributed by atoms with Crippen molar-refractivity contribution >= 4 is 5.97 Å². The van der Waals surface area contributed by atoms with Crippen molar-refractivity contribution in [2.75, 3.05) is 0 Å². The minimum Gasteiger partial charge on any atom is -0.598 e. The van der Waals surface area contributed by atoms with E-state index in [0.29, 0.717) is 12.8 Å². The number of carbonyl (C=O) groups excluding carboxylic acids is 1. The molecule has 0 aromatic rings. The molecule has 118 valence electrons. The average molecular weight is 294 g/mol. The van der Waals surface area contributed by atoms with Crippen LogP contribution in [-0.4, -0.2) is 27.0 Å². The van der Waals surface area contributed by atoms with Crippen LogP contribution in [-0.2, 0) is 9.53 Å². The lowest BCUT2D eigenvalue weighted by atomic mass is 9.90. The van der Waals surface area contributed by atoms with Crippen LogP contribution in [0, 0.1) is 5.21 Å². The zero-order valence-electron chi connectivity index (χ0n) is 13.5. The number of hydrogen-bond acceptors (Lipinski definition) is 4. The second-order valence-corrected chi connectivity index (χ2v) is 6.92. The van der Waals surface area contributed by atoms with Crippen LogP contribution in [0.25, 0.3) is 0 Å². The van der Waals surface area contributed by atoms with E-state index in [0.717, 1.165) is 19.3 Å². The van der Waals surface area contributed by atoms with Crippen LogP contribution < -0.4 is 0 Å². The van der Waals surface area contributed by atoms with E-state index >= 15 is 0 Å². The highest BCUT2D eigenvalue weighted by molar-refractivity contribution is 5.66. The van der Waals surface area contributed by atoms with Gasteiger partial charge < -0.3 is 9.94 Å².